The molecule has 180 valence electrons. The Hall–Kier alpha value is -4.03. The lowest BCUT2D eigenvalue weighted by molar-refractivity contribution is -0.117. The molecule has 1 unspecified atom stereocenters. The van der Waals surface area contributed by atoms with E-state index in [2.05, 4.69) is 65.1 Å². The van der Waals surface area contributed by atoms with Gasteiger partial charge in [-0.05, 0) is 34.9 Å². The molecule has 0 aliphatic carbocycles. The van der Waals surface area contributed by atoms with Crippen molar-refractivity contribution in [2.45, 2.75) is 13.3 Å². The standard InChI is InChI=1S/C20H21ClN2.C8H7NO3/c1-3-18(11-7-10-17-8-5-4-6-9-17)16(2)14-20-19(12-13-21)22-15-23-20;10-7-3-1-6(2-4-7)5-8(11)9-12/h3-12,14-16H,1,13H2,2H3,(H,22,23);1-4,10H,5H2/b10-7+,18-11+,19-12+,20-14+;. The maximum atomic E-state index is 10.5. The van der Waals surface area contributed by atoms with Crippen LogP contribution in [0.2, 0.25) is 0 Å². The highest BCUT2D eigenvalue weighted by Crippen LogP contribution is 2.14. The molecule has 0 fully saturated rings. The van der Waals surface area contributed by atoms with Crippen LogP contribution in [0.25, 0.3) is 18.2 Å². The Morgan fingerprint density at radius 1 is 1.20 bits per heavy atom. The van der Waals surface area contributed by atoms with Gasteiger partial charge in [0.25, 0.3) is 5.91 Å². The van der Waals surface area contributed by atoms with Crippen molar-refractivity contribution in [2.75, 3.05) is 5.88 Å². The molecule has 0 spiro atoms. The van der Waals surface area contributed by atoms with Gasteiger partial charge in [0.05, 0.1) is 23.4 Å². The Morgan fingerprint density at radius 3 is 2.54 bits per heavy atom. The van der Waals surface area contributed by atoms with E-state index in [4.69, 9.17) is 16.7 Å². The largest absolute Gasteiger partial charge is 0.508 e. The van der Waals surface area contributed by atoms with Gasteiger partial charge in [-0.2, -0.15) is 0 Å². The summed E-state index contributed by atoms with van der Waals surface area (Å²) in [6.45, 7) is 6.05. The molecule has 0 aliphatic rings. The lowest BCUT2D eigenvalue weighted by atomic mass is 10.00. The van der Waals surface area contributed by atoms with Gasteiger partial charge in [0, 0.05) is 17.0 Å². The second kappa shape index (κ2) is 15.0. The first-order valence-corrected chi connectivity index (χ1v) is 11.5. The normalized spacial score (nSPS) is 13.3. The summed E-state index contributed by atoms with van der Waals surface area (Å²) in [4.78, 5) is 27.7. The van der Waals surface area contributed by atoms with Crippen LogP contribution in [0, 0.1) is 10.8 Å². The van der Waals surface area contributed by atoms with Crippen LogP contribution < -0.4 is 10.7 Å². The van der Waals surface area contributed by atoms with Gasteiger partial charge >= 0.3 is 0 Å². The van der Waals surface area contributed by atoms with Gasteiger partial charge < -0.3 is 10.1 Å². The zero-order chi connectivity index (χ0) is 25.5. The molecule has 0 saturated heterocycles. The predicted octanol–water partition coefficient (Wildman–Crippen LogP) is 4.90. The number of carbonyl (C=O) groups excluding carboxylic acids is 1. The summed E-state index contributed by atoms with van der Waals surface area (Å²) in [5.74, 6) is 0.0890. The lowest BCUT2D eigenvalue weighted by Crippen LogP contribution is -2.25. The molecule has 6 nitrogen and oxygen atoms in total. The Kier molecular flexibility index (Phi) is 11.7. The number of benzene rings is 2. The van der Waals surface area contributed by atoms with Gasteiger partial charge in [-0.3, -0.25) is 4.79 Å². The van der Waals surface area contributed by atoms with Crippen LogP contribution in [0.4, 0.5) is 0 Å². The molecule has 2 N–H and O–H groups in total. The molecule has 2 aromatic carbocycles. The van der Waals surface area contributed by atoms with Crippen molar-refractivity contribution in [1.29, 1.82) is 0 Å². The number of aromatic nitrogens is 2. The fraction of sp³-hybridized carbons (Fsp3) is 0.143. The second-order valence-electron chi connectivity index (χ2n) is 7.48. The molecule has 1 heterocycles. The number of aromatic hydroxyl groups is 1. The van der Waals surface area contributed by atoms with Gasteiger partial charge in [0.15, 0.2) is 0 Å². The van der Waals surface area contributed by atoms with E-state index in [0.717, 1.165) is 16.3 Å². The summed E-state index contributed by atoms with van der Waals surface area (Å²) < 4.78 is 0. The highest BCUT2D eigenvalue weighted by Gasteiger charge is 2.03. The van der Waals surface area contributed by atoms with Crippen LogP contribution in [-0.2, 0) is 11.2 Å². The third-order valence-electron chi connectivity index (χ3n) is 4.92. The number of imidazole rings is 1. The number of nitrogens with zero attached hydrogens (tertiary/aromatic N) is 2. The van der Waals surface area contributed by atoms with E-state index >= 15 is 0 Å². The van der Waals surface area contributed by atoms with Gasteiger partial charge in [-0.1, -0.05) is 86.3 Å². The maximum Gasteiger partial charge on any atom is 0.290 e. The monoisotopic (exact) mass is 489 g/mol. The Morgan fingerprint density at radius 2 is 1.91 bits per heavy atom. The van der Waals surface area contributed by atoms with Crippen LogP contribution >= 0.6 is 11.6 Å². The number of nitrogens with one attached hydrogen (secondary N) is 1. The van der Waals surface area contributed by atoms with Gasteiger partial charge in [0.2, 0.25) is 0 Å². The molecular formula is C28H28ClN3O3. The first-order valence-electron chi connectivity index (χ1n) is 10.9. The summed E-state index contributed by atoms with van der Waals surface area (Å²) in [5, 5.41) is 13.0. The average Bonchev–Trinajstić information content (AvgIpc) is 3.31. The second-order valence-corrected chi connectivity index (χ2v) is 7.79. The number of aromatic amines is 1. The number of carbonyl (C=O) groups is 1. The van der Waals surface area contributed by atoms with Crippen molar-refractivity contribution in [3.8, 4) is 5.75 Å². The van der Waals surface area contributed by atoms with Gasteiger partial charge in [-0.15, -0.1) is 16.5 Å². The van der Waals surface area contributed by atoms with Crippen molar-refractivity contribution in [1.82, 2.24) is 9.97 Å². The van der Waals surface area contributed by atoms with Crippen molar-refractivity contribution in [3.05, 3.63) is 118 Å². The highest BCUT2D eigenvalue weighted by atomic mass is 35.5. The minimum absolute atomic E-state index is 0.0101. The van der Waals surface area contributed by atoms with Crippen LogP contribution in [0.1, 0.15) is 18.1 Å². The van der Waals surface area contributed by atoms with Gasteiger partial charge in [0.1, 0.15) is 5.75 Å². The number of alkyl halides is 1. The molecule has 0 saturated carbocycles. The van der Waals surface area contributed by atoms with Crippen LogP contribution in [0.3, 0.4) is 0 Å². The number of hydrogen-bond donors (Lipinski definition) is 2. The maximum absolute atomic E-state index is 10.5. The van der Waals surface area contributed by atoms with Crippen LogP contribution in [-0.4, -0.2) is 26.9 Å². The smallest absolute Gasteiger partial charge is 0.290 e. The molecule has 1 amide bonds. The summed E-state index contributed by atoms with van der Waals surface area (Å²) in [7, 11) is 0. The number of halogens is 1. The third-order valence-corrected chi connectivity index (χ3v) is 5.07. The number of hydrogen-bond acceptors (Lipinski definition) is 4. The topological polar surface area (TPSA) is 95.4 Å². The SMILES string of the molecule is C=C/C(=C\C=C\c1ccccc1)C(C)/C=c1/[nH]cn/c1=C/CCl.O=NC(=O)Cc1ccc(O)cc1. The number of amides is 1. The van der Waals surface area contributed by atoms with Crippen molar-refractivity contribution < 1.29 is 9.90 Å². The van der Waals surface area contributed by atoms with E-state index in [9.17, 15) is 9.70 Å². The molecule has 7 heteroatoms. The van der Waals surface area contributed by atoms with E-state index in [0.29, 0.717) is 11.4 Å². The van der Waals surface area contributed by atoms with Crippen molar-refractivity contribution >= 4 is 35.7 Å². The molecule has 0 radical (unpaired) electrons. The Labute approximate surface area is 209 Å². The molecule has 0 bridgehead atoms. The van der Waals surface area contributed by atoms with Crippen LogP contribution in [0.15, 0.2) is 96.5 Å². The number of nitroso groups, excluding NO2 is 1. The Bertz CT molecular complexity index is 1280. The molecule has 0 aliphatic heterocycles. The molecule has 3 aromatic rings. The van der Waals surface area contributed by atoms with E-state index in [-0.39, 0.29) is 18.1 Å². The molecule has 1 atom stereocenters. The summed E-state index contributed by atoms with van der Waals surface area (Å²) in [5.41, 5.74) is 2.98. The van der Waals surface area contributed by atoms with E-state index in [1.54, 1.807) is 18.5 Å². The van der Waals surface area contributed by atoms with Gasteiger partial charge in [-0.25, -0.2) is 4.98 Å². The number of phenols is 1. The van der Waals surface area contributed by atoms with Crippen molar-refractivity contribution in [2.24, 2.45) is 11.1 Å². The predicted molar refractivity (Wildman–Crippen MR) is 143 cm³/mol. The number of allylic oxidation sites excluding steroid dienone is 4. The van der Waals surface area contributed by atoms with E-state index < -0.39 is 5.91 Å². The highest BCUT2D eigenvalue weighted by molar-refractivity contribution is 6.20. The summed E-state index contributed by atoms with van der Waals surface area (Å²) >= 11 is 5.76. The molecule has 1 aromatic heterocycles. The first kappa shape index (κ1) is 27.2. The first-order chi connectivity index (χ1) is 17.0. The number of H-pyrrole nitrogens is 1. The number of rotatable bonds is 8. The minimum atomic E-state index is -0.708. The fourth-order valence-corrected chi connectivity index (χ4v) is 3.24. The molecule has 3 rings (SSSR count). The lowest BCUT2D eigenvalue weighted by Gasteiger charge is -2.06. The average molecular weight is 490 g/mol. The zero-order valence-electron chi connectivity index (χ0n) is 19.5. The van der Waals surface area contributed by atoms with Crippen LogP contribution in [0.5, 0.6) is 5.75 Å². The quantitative estimate of drug-likeness (QED) is 0.267. The van der Waals surface area contributed by atoms with E-state index in [1.165, 1.54) is 17.7 Å². The Balaban J connectivity index is 0.000000303. The third kappa shape index (κ3) is 9.78. The number of phenolic OH excluding ortho intramolecular Hbond substituents is 1. The van der Waals surface area contributed by atoms with Crippen molar-refractivity contribution in [3.63, 3.8) is 0 Å². The summed E-state index contributed by atoms with van der Waals surface area (Å²) in [6.07, 6.45) is 13.8. The van der Waals surface area contributed by atoms with E-state index in [1.807, 2.05) is 30.4 Å². The summed E-state index contributed by atoms with van der Waals surface area (Å²) in [6, 6.07) is 16.3. The molecular weight excluding hydrogens is 462 g/mol. The fourth-order valence-electron chi connectivity index (χ4n) is 3.09. The molecule has 35 heavy (non-hydrogen) atoms. The zero-order valence-corrected chi connectivity index (χ0v) is 20.2. The minimum Gasteiger partial charge on any atom is -0.508 e.